The number of pyridine rings is 1. The molecule has 30 heavy (non-hydrogen) atoms. The van der Waals surface area contributed by atoms with Gasteiger partial charge in [-0.05, 0) is 47.5 Å². The molecule has 2 aromatic carbocycles. The van der Waals surface area contributed by atoms with Crippen LogP contribution in [0.25, 0.3) is 0 Å². The summed E-state index contributed by atoms with van der Waals surface area (Å²) in [6.07, 6.45) is 1.27. The Morgan fingerprint density at radius 1 is 1.07 bits per heavy atom. The predicted octanol–water partition coefficient (Wildman–Crippen LogP) is 3.82. The Balaban J connectivity index is 1.65. The zero-order valence-corrected chi connectivity index (χ0v) is 16.2. The van der Waals surface area contributed by atoms with Gasteiger partial charge in [-0.2, -0.15) is 0 Å². The first-order valence-electron chi connectivity index (χ1n) is 9.31. The molecule has 1 N–H and O–H groups in total. The first kappa shape index (κ1) is 19.2. The molecule has 0 aliphatic carbocycles. The minimum Gasteiger partial charge on any atom is -0.497 e. The molecule has 0 radical (unpaired) electrons. The molecule has 2 atom stereocenters. The molecule has 0 bridgehead atoms. The van der Waals surface area contributed by atoms with E-state index in [1.165, 1.54) is 0 Å². The molecule has 6 heteroatoms. The number of nitrogens with one attached hydrogen (secondary N) is 1. The molecular weight excluding hydrogens is 380 g/mol. The lowest BCUT2D eigenvalue weighted by atomic mass is 9.95. The van der Waals surface area contributed by atoms with Gasteiger partial charge in [-0.3, -0.25) is 9.78 Å². The van der Waals surface area contributed by atoms with Crippen LogP contribution in [0.15, 0.2) is 66.9 Å². The number of alkyl carbamates (subject to hydrolysis) is 1. The standard InChI is InChI=1S/C24H18N2O4/c1-29-20-9-3-7-19(14-20)23-22(26-24(28)30-23)18-6-2-5-16(13-18)10-11-17-8-4-12-25-21(17)15-27/h2-9,12-15,22-23H,1H3,(H,26,28)/t22-,23-/m1/s1. The van der Waals surface area contributed by atoms with E-state index in [4.69, 9.17) is 9.47 Å². The number of nitrogens with zero attached hydrogens (tertiary/aromatic N) is 1. The number of methoxy groups -OCH3 is 1. The van der Waals surface area contributed by atoms with Crippen molar-refractivity contribution in [2.45, 2.75) is 12.1 Å². The Morgan fingerprint density at radius 2 is 1.90 bits per heavy atom. The van der Waals surface area contributed by atoms with Crippen LogP contribution in [0.4, 0.5) is 4.79 Å². The van der Waals surface area contributed by atoms with Gasteiger partial charge in [-0.1, -0.05) is 36.1 Å². The van der Waals surface area contributed by atoms with Gasteiger partial charge in [0.15, 0.2) is 12.4 Å². The Morgan fingerprint density at radius 3 is 2.73 bits per heavy atom. The van der Waals surface area contributed by atoms with Crippen molar-refractivity contribution in [3.63, 3.8) is 0 Å². The highest BCUT2D eigenvalue weighted by molar-refractivity contribution is 5.76. The molecule has 1 aliphatic rings. The number of hydrogen-bond acceptors (Lipinski definition) is 5. The van der Waals surface area contributed by atoms with Crippen molar-refractivity contribution in [1.29, 1.82) is 0 Å². The maximum atomic E-state index is 12.0. The number of carbonyl (C=O) groups is 2. The number of rotatable bonds is 4. The highest BCUT2D eigenvalue weighted by Gasteiger charge is 2.36. The van der Waals surface area contributed by atoms with Gasteiger partial charge in [-0.25, -0.2) is 4.79 Å². The Labute approximate surface area is 173 Å². The molecule has 3 aromatic rings. The lowest BCUT2D eigenvalue weighted by molar-refractivity contribution is 0.111. The van der Waals surface area contributed by atoms with Crippen molar-refractivity contribution in [3.8, 4) is 17.6 Å². The van der Waals surface area contributed by atoms with Gasteiger partial charge in [0.05, 0.1) is 18.7 Å². The third-order valence-corrected chi connectivity index (χ3v) is 4.77. The molecule has 1 amide bonds. The van der Waals surface area contributed by atoms with E-state index in [-0.39, 0.29) is 6.04 Å². The van der Waals surface area contributed by atoms with Crippen LogP contribution < -0.4 is 10.1 Å². The fourth-order valence-corrected chi connectivity index (χ4v) is 3.32. The summed E-state index contributed by atoms with van der Waals surface area (Å²) in [5, 5.41) is 2.87. The van der Waals surface area contributed by atoms with Crippen LogP contribution in [0, 0.1) is 11.8 Å². The van der Waals surface area contributed by atoms with Crippen molar-refractivity contribution in [2.24, 2.45) is 0 Å². The zero-order chi connectivity index (χ0) is 20.9. The summed E-state index contributed by atoms with van der Waals surface area (Å²) in [5.74, 6) is 6.74. The van der Waals surface area contributed by atoms with E-state index in [2.05, 4.69) is 22.1 Å². The van der Waals surface area contributed by atoms with Crippen molar-refractivity contribution < 1.29 is 19.1 Å². The average Bonchev–Trinajstić information content (AvgIpc) is 3.20. The molecule has 1 aliphatic heterocycles. The van der Waals surface area contributed by atoms with E-state index in [0.717, 1.165) is 16.7 Å². The van der Waals surface area contributed by atoms with Gasteiger partial charge < -0.3 is 14.8 Å². The summed E-state index contributed by atoms with van der Waals surface area (Å²) in [6, 6.07) is 18.1. The largest absolute Gasteiger partial charge is 0.497 e. The van der Waals surface area contributed by atoms with E-state index in [0.29, 0.717) is 23.3 Å². The Kier molecular flexibility index (Phi) is 5.44. The molecule has 1 fully saturated rings. The first-order chi connectivity index (χ1) is 14.7. The van der Waals surface area contributed by atoms with Gasteiger partial charge in [0.1, 0.15) is 11.4 Å². The molecule has 0 unspecified atom stereocenters. The molecular formula is C24H18N2O4. The number of carbonyl (C=O) groups excluding carboxylic acids is 2. The van der Waals surface area contributed by atoms with E-state index in [9.17, 15) is 9.59 Å². The van der Waals surface area contributed by atoms with Crippen LogP contribution in [0.5, 0.6) is 5.75 Å². The second-order valence-corrected chi connectivity index (χ2v) is 6.65. The van der Waals surface area contributed by atoms with Crippen LogP contribution >= 0.6 is 0 Å². The number of hydrogen-bond donors (Lipinski definition) is 1. The summed E-state index contributed by atoms with van der Waals surface area (Å²) >= 11 is 0. The topological polar surface area (TPSA) is 77.5 Å². The third kappa shape index (κ3) is 4.01. The second kappa shape index (κ2) is 8.50. The molecule has 1 aromatic heterocycles. The van der Waals surface area contributed by atoms with Gasteiger partial charge in [0.2, 0.25) is 0 Å². The molecule has 0 spiro atoms. The molecule has 4 rings (SSSR count). The summed E-state index contributed by atoms with van der Waals surface area (Å²) < 4.78 is 10.8. The maximum absolute atomic E-state index is 12.0. The number of amides is 1. The number of aldehydes is 1. The van der Waals surface area contributed by atoms with Gasteiger partial charge in [-0.15, -0.1) is 0 Å². The zero-order valence-electron chi connectivity index (χ0n) is 16.2. The molecule has 2 heterocycles. The molecule has 0 saturated carbocycles. The fraction of sp³-hybridized carbons (Fsp3) is 0.125. The second-order valence-electron chi connectivity index (χ2n) is 6.65. The van der Waals surface area contributed by atoms with Crippen LogP contribution in [0.2, 0.25) is 0 Å². The van der Waals surface area contributed by atoms with Crippen molar-refractivity contribution in [2.75, 3.05) is 7.11 Å². The number of aromatic nitrogens is 1. The average molecular weight is 398 g/mol. The Hall–Kier alpha value is -4.11. The number of cyclic esters (lactones) is 1. The predicted molar refractivity (Wildman–Crippen MR) is 110 cm³/mol. The van der Waals surface area contributed by atoms with Crippen molar-refractivity contribution in [1.82, 2.24) is 10.3 Å². The summed E-state index contributed by atoms with van der Waals surface area (Å²) in [7, 11) is 1.59. The summed E-state index contributed by atoms with van der Waals surface area (Å²) in [6.45, 7) is 0. The lowest BCUT2D eigenvalue weighted by Gasteiger charge is -2.18. The van der Waals surface area contributed by atoms with Crippen LogP contribution in [-0.2, 0) is 4.74 Å². The highest BCUT2D eigenvalue weighted by atomic mass is 16.6. The smallest absolute Gasteiger partial charge is 0.408 e. The van der Waals surface area contributed by atoms with Gasteiger partial charge >= 0.3 is 6.09 Å². The quantitative estimate of drug-likeness (QED) is 0.534. The van der Waals surface area contributed by atoms with E-state index < -0.39 is 12.2 Å². The first-order valence-corrected chi connectivity index (χ1v) is 9.31. The molecule has 1 saturated heterocycles. The Bertz CT molecular complexity index is 1160. The number of benzene rings is 2. The molecule has 148 valence electrons. The van der Waals surface area contributed by atoms with Crippen molar-refractivity contribution >= 4 is 12.4 Å². The van der Waals surface area contributed by atoms with Crippen LogP contribution in [0.1, 0.15) is 44.9 Å². The molecule has 6 nitrogen and oxygen atoms in total. The SMILES string of the molecule is COc1cccc([C@H]2OC(=O)N[C@@H]2c2cccc(C#Cc3cccnc3C=O)c2)c1. The van der Waals surface area contributed by atoms with E-state index in [1.807, 2.05) is 48.5 Å². The monoisotopic (exact) mass is 398 g/mol. The normalized spacial score (nSPS) is 17.3. The fourth-order valence-electron chi connectivity index (χ4n) is 3.32. The minimum atomic E-state index is -0.490. The van der Waals surface area contributed by atoms with Crippen molar-refractivity contribution in [3.05, 3.63) is 94.8 Å². The van der Waals surface area contributed by atoms with Gasteiger partial charge in [0.25, 0.3) is 0 Å². The van der Waals surface area contributed by atoms with Crippen LogP contribution in [0.3, 0.4) is 0 Å². The highest BCUT2D eigenvalue weighted by Crippen LogP contribution is 2.37. The van der Waals surface area contributed by atoms with Gasteiger partial charge in [0, 0.05) is 11.8 Å². The minimum absolute atomic E-state index is 0.302. The summed E-state index contributed by atoms with van der Waals surface area (Å²) in [5.41, 5.74) is 3.31. The lowest BCUT2D eigenvalue weighted by Crippen LogP contribution is -2.19. The maximum Gasteiger partial charge on any atom is 0.408 e. The number of ether oxygens (including phenoxy) is 2. The van der Waals surface area contributed by atoms with Crippen LogP contribution in [-0.4, -0.2) is 24.5 Å². The van der Waals surface area contributed by atoms with E-state index in [1.54, 1.807) is 25.4 Å². The summed E-state index contributed by atoms with van der Waals surface area (Å²) in [4.78, 5) is 27.1. The third-order valence-electron chi connectivity index (χ3n) is 4.77. The van der Waals surface area contributed by atoms with E-state index >= 15 is 0 Å².